The third kappa shape index (κ3) is 2.20. The van der Waals surface area contributed by atoms with Crippen LogP contribution in [-0.2, 0) is 10.2 Å². The highest BCUT2D eigenvalue weighted by Gasteiger charge is 2.42. The second kappa shape index (κ2) is 4.49. The van der Waals surface area contributed by atoms with E-state index in [0.29, 0.717) is 12.8 Å². The third-order valence-corrected chi connectivity index (χ3v) is 3.82. The van der Waals surface area contributed by atoms with Crippen molar-refractivity contribution < 1.29 is 9.90 Å². The first-order valence-electron chi connectivity index (χ1n) is 6.04. The summed E-state index contributed by atoms with van der Waals surface area (Å²) in [7, 11) is 2.04. The van der Waals surface area contributed by atoms with E-state index in [-0.39, 0.29) is 0 Å². The Morgan fingerprint density at radius 1 is 1.35 bits per heavy atom. The second-order valence-electron chi connectivity index (χ2n) is 5.06. The van der Waals surface area contributed by atoms with Gasteiger partial charge in [-0.3, -0.25) is 4.79 Å². The summed E-state index contributed by atoms with van der Waals surface area (Å²) in [4.78, 5) is 13.9. The molecule has 1 heterocycles. The van der Waals surface area contributed by atoms with Gasteiger partial charge in [-0.15, -0.1) is 0 Å². The largest absolute Gasteiger partial charge is 0.481 e. The van der Waals surface area contributed by atoms with Crippen LogP contribution in [0.2, 0.25) is 0 Å². The van der Waals surface area contributed by atoms with Crippen molar-refractivity contribution in [1.82, 2.24) is 4.90 Å². The minimum atomic E-state index is -0.684. The molecule has 0 saturated carbocycles. The van der Waals surface area contributed by atoms with E-state index in [9.17, 15) is 9.90 Å². The minimum absolute atomic E-state index is 0.682. The van der Waals surface area contributed by atoms with Crippen LogP contribution in [0.5, 0.6) is 0 Å². The highest BCUT2D eigenvalue weighted by Crippen LogP contribution is 2.35. The van der Waals surface area contributed by atoms with E-state index in [1.165, 1.54) is 0 Å². The zero-order chi connectivity index (χ0) is 12.5. The van der Waals surface area contributed by atoms with E-state index in [1.54, 1.807) is 0 Å². The van der Waals surface area contributed by atoms with Crippen LogP contribution in [0, 0.1) is 6.92 Å². The number of benzene rings is 1. The Balaban J connectivity index is 2.38. The zero-order valence-electron chi connectivity index (χ0n) is 10.4. The number of carboxylic acid groups (broad SMARTS) is 1. The Bertz CT molecular complexity index is 420. The van der Waals surface area contributed by atoms with Crippen molar-refractivity contribution in [3.05, 3.63) is 35.4 Å². The van der Waals surface area contributed by atoms with Gasteiger partial charge >= 0.3 is 5.97 Å². The lowest BCUT2D eigenvalue weighted by molar-refractivity contribution is -0.145. The molecule has 0 atom stereocenters. The van der Waals surface area contributed by atoms with Gasteiger partial charge in [0.15, 0.2) is 0 Å². The van der Waals surface area contributed by atoms with Crippen molar-refractivity contribution in [3.63, 3.8) is 0 Å². The summed E-state index contributed by atoms with van der Waals surface area (Å²) in [6, 6.07) is 7.92. The van der Waals surface area contributed by atoms with Gasteiger partial charge in [-0.05, 0) is 45.5 Å². The van der Waals surface area contributed by atoms with Crippen molar-refractivity contribution in [1.29, 1.82) is 0 Å². The molecule has 0 amide bonds. The topological polar surface area (TPSA) is 40.5 Å². The lowest BCUT2D eigenvalue weighted by Crippen LogP contribution is -2.46. The summed E-state index contributed by atoms with van der Waals surface area (Å²) in [6.07, 6.45) is 1.39. The number of piperidine rings is 1. The predicted octanol–water partition coefficient (Wildman–Crippen LogP) is 2.04. The maximum Gasteiger partial charge on any atom is 0.314 e. The maximum absolute atomic E-state index is 11.7. The second-order valence-corrected chi connectivity index (χ2v) is 5.06. The van der Waals surface area contributed by atoms with Gasteiger partial charge in [0.05, 0.1) is 5.41 Å². The molecule has 0 bridgehead atoms. The first kappa shape index (κ1) is 12.1. The van der Waals surface area contributed by atoms with E-state index in [1.807, 2.05) is 38.2 Å². The van der Waals surface area contributed by atoms with Crippen molar-refractivity contribution in [2.45, 2.75) is 25.2 Å². The summed E-state index contributed by atoms with van der Waals surface area (Å²) in [5.74, 6) is -0.684. The summed E-state index contributed by atoms with van der Waals surface area (Å²) < 4.78 is 0. The number of nitrogens with zero attached hydrogens (tertiary/aromatic N) is 1. The van der Waals surface area contributed by atoms with Gasteiger partial charge in [0.2, 0.25) is 0 Å². The molecule has 0 aliphatic carbocycles. The number of hydrogen-bond donors (Lipinski definition) is 1. The molecule has 1 aliphatic rings. The average Bonchev–Trinajstić information content (AvgIpc) is 2.30. The van der Waals surface area contributed by atoms with Crippen LogP contribution in [0.15, 0.2) is 24.3 Å². The lowest BCUT2D eigenvalue weighted by Gasteiger charge is -2.37. The van der Waals surface area contributed by atoms with Crippen LogP contribution in [0.1, 0.15) is 24.0 Å². The number of aryl methyl sites for hydroxylation is 1. The number of hydrogen-bond acceptors (Lipinski definition) is 2. The van der Waals surface area contributed by atoms with Gasteiger partial charge in [0, 0.05) is 0 Å². The van der Waals surface area contributed by atoms with E-state index >= 15 is 0 Å². The summed E-state index contributed by atoms with van der Waals surface area (Å²) in [6.45, 7) is 3.70. The van der Waals surface area contributed by atoms with Crippen molar-refractivity contribution >= 4 is 5.97 Å². The highest BCUT2D eigenvalue weighted by atomic mass is 16.4. The van der Waals surface area contributed by atoms with Crippen LogP contribution < -0.4 is 0 Å². The maximum atomic E-state index is 11.7. The SMILES string of the molecule is Cc1cccc(C2(C(=O)O)CCN(C)CC2)c1. The molecule has 1 N–H and O–H groups in total. The molecular formula is C14H19NO2. The highest BCUT2D eigenvalue weighted by molar-refractivity contribution is 5.81. The van der Waals surface area contributed by atoms with Crippen molar-refractivity contribution in [3.8, 4) is 0 Å². The molecule has 92 valence electrons. The third-order valence-electron chi connectivity index (χ3n) is 3.82. The van der Waals surface area contributed by atoms with E-state index in [0.717, 1.165) is 24.2 Å². The minimum Gasteiger partial charge on any atom is -0.481 e. The first-order valence-corrected chi connectivity index (χ1v) is 6.04. The van der Waals surface area contributed by atoms with Crippen LogP contribution in [-0.4, -0.2) is 36.1 Å². The van der Waals surface area contributed by atoms with Crippen LogP contribution >= 0.6 is 0 Å². The Hall–Kier alpha value is -1.35. The van der Waals surface area contributed by atoms with Crippen molar-refractivity contribution in [2.75, 3.05) is 20.1 Å². The molecular weight excluding hydrogens is 214 g/mol. The normalized spacial score (nSPS) is 20.1. The molecule has 1 aliphatic heterocycles. The van der Waals surface area contributed by atoms with E-state index < -0.39 is 11.4 Å². The molecule has 0 aromatic heterocycles. The number of carbonyl (C=O) groups is 1. The van der Waals surface area contributed by atoms with Crippen LogP contribution in [0.25, 0.3) is 0 Å². The lowest BCUT2D eigenvalue weighted by atomic mass is 9.72. The number of carboxylic acids is 1. The Labute approximate surface area is 102 Å². The molecule has 0 radical (unpaired) electrons. The first-order chi connectivity index (χ1) is 8.04. The standard InChI is InChI=1S/C14H19NO2/c1-11-4-3-5-12(10-11)14(13(16)17)6-8-15(2)9-7-14/h3-5,10H,6-9H2,1-2H3,(H,16,17). The monoisotopic (exact) mass is 233 g/mol. The Kier molecular flexibility index (Phi) is 3.20. The molecule has 3 nitrogen and oxygen atoms in total. The predicted molar refractivity (Wildman–Crippen MR) is 67.2 cm³/mol. The summed E-state index contributed by atoms with van der Waals surface area (Å²) in [5, 5.41) is 9.60. The van der Waals surface area contributed by atoms with Gasteiger partial charge < -0.3 is 10.0 Å². The summed E-state index contributed by atoms with van der Waals surface area (Å²) in [5.41, 5.74) is 1.40. The van der Waals surface area contributed by atoms with E-state index in [4.69, 9.17) is 0 Å². The zero-order valence-corrected chi connectivity index (χ0v) is 10.4. The fourth-order valence-electron chi connectivity index (χ4n) is 2.57. The molecule has 3 heteroatoms. The molecule has 1 fully saturated rings. The van der Waals surface area contributed by atoms with Gasteiger partial charge in [-0.25, -0.2) is 0 Å². The smallest absolute Gasteiger partial charge is 0.314 e. The fourth-order valence-corrected chi connectivity index (χ4v) is 2.57. The Morgan fingerprint density at radius 3 is 2.53 bits per heavy atom. The molecule has 1 aromatic carbocycles. The molecule has 1 saturated heterocycles. The fraction of sp³-hybridized carbons (Fsp3) is 0.500. The number of likely N-dealkylation sites (tertiary alicyclic amines) is 1. The van der Waals surface area contributed by atoms with Crippen molar-refractivity contribution in [2.24, 2.45) is 0 Å². The van der Waals surface area contributed by atoms with Gasteiger partial charge in [0.25, 0.3) is 0 Å². The number of aliphatic carboxylic acids is 1. The summed E-state index contributed by atoms with van der Waals surface area (Å²) >= 11 is 0. The molecule has 1 aromatic rings. The van der Waals surface area contributed by atoms with Crippen LogP contribution in [0.3, 0.4) is 0 Å². The van der Waals surface area contributed by atoms with Crippen LogP contribution in [0.4, 0.5) is 0 Å². The molecule has 0 unspecified atom stereocenters. The average molecular weight is 233 g/mol. The molecule has 17 heavy (non-hydrogen) atoms. The van der Waals surface area contributed by atoms with E-state index in [2.05, 4.69) is 4.90 Å². The quantitative estimate of drug-likeness (QED) is 0.850. The number of rotatable bonds is 2. The molecule has 0 spiro atoms. The van der Waals surface area contributed by atoms with Gasteiger partial charge in [0.1, 0.15) is 0 Å². The molecule has 2 rings (SSSR count). The Morgan fingerprint density at radius 2 is 2.00 bits per heavy atom. The van der Waals surface area contributed by atoms with Gasteiger partial charge in [-0.2, -0.15) is 0 Å². The van der Waals surface area contributed by atoms with Gasteiger partial charge in [-0.1, -0.05) is 29.8 Å².